The number of benzene rings is 2. The van der Waals surface area contributed by atoms with Gasteiger partial charge in [-0.1, -0.05) is 55.8 Å². The Bertz CT molecular complexity index is 593. The number of hydrogen-bond acceptors (Lipinski definition) is 1. The summed E-state index contributed by atoms with van der Waals surface area (Å²) < 4.78 is 13.7. The first-order valence-electron chi connectivity index (χ1n) is 7.16. The van der Waals surface area contributed by atoms with Crippen LogP contribution in [-0.4, -0.2) is 5.11 Å². The van der Waals surface area contributed by atoms with Crippen LogP contribution in [-0.2, 0) is 12.8 Å². The highest BCUT2D eigenvalue weighted by Gasteiger charge is 2.12. The van der Waals surface area contributed by atoms with E-state index in [1.54, 1.807) is 12.1 Å². The first kappa shape index (κ1) is 16.0. The highest BCUT2D eigenvalue weighted by atomic mass is 35.5. The van der Waals surface area contributed by atoms with Crippen molar-refractivity contribution in [2.45, 2.75) is 32.8 Å². The molecule has 0 heterocycles. The van der Waals surface area contributed by atoms with Crippen molar-refractivity contribution in [3.8, 4) is 0 Å². The average Bonchev–Trinajstić information content (AvgIpc) is 2.42. The summed E-state index contributed by atoms with van der Waals surface area (Å²) in [6.45, 7) is 4.35. The van der Waals surface area contributed by atoms with Crippen LogP contribution in [0.3, 0.4) is 0 Å². The second-order valence-corrected chi connectivity index (χ2v) is 6.23. The van der Waals surface area contributed by atoms with Gasteiger partial charge in [0, 0.05) is 11.4 Å². The molecular formula is C18H20ClFO. The van der Waals surface area contributed by atoms with Crippen LogP contribution in [0, 0.1) is 11.7 Å². The SMILES string of the molecule is CC(C)Cc1ccc(C(O)Cc2ccc(Cl)cc2F)cc1. The van der Waals surface area contributed by atoms with Crippen molar-refractivity contribution in [2.24, 2.45) is 5.92 Å². The fourth-order valence-corrected chi connectivity index (χ4v) is 2.52. The van der Waals surface area contributed by atoms with Crippen LogP contribution in [0.25, 0.3) is 0 Å². The predicted octanol–water partition coefficient (Wildman–Crippen LogP) is 4.95. The van der Waals surface area contributed by atoms with Gasteiger partial charge in [0.2, 0.25) is 0 Å². The summed E-state index contributed by atoms with van der Waals surface area (Å²) in [7, 11) is 0. The van der Waals surface area contributed by atoms with Gasteiger partial charge in [-0.15, -0.1) is 0 Å². The number of rotatable bonds is 5. The molecule has 0 radical (unpaired) electrons. The molecule has 0 aromatic heterocycles. The van der Waals surface area contributed by atoms with Crippen LogP contribution < -0.4 is 0 Å². The smallest absolute Gasteiger partial charge is 0.127 e. The van der Waals surface area contributed by atoms with E-state index in [-0.39, 0.29) is 12.2 Å². The topological polar surface area (TPSA) is 20.2 Å². The van der Waals surface area contributed by atoms with E-state index in [4.69, 9.17) is 11.6 Å². The Morgan fingerprint density at radius 3 is 2.29 bits per heavy atom. The summed E-state index contributed by atoms with van der Waals surface area (Å²) in [5.41, 5.74) is 2.52. The quantitative estimate of drug-likeness (QED) is 0.828. The number of hydrogen-bond donors (Lipinski definition) is 1. The van der Waals surface area contributed by atoms with Crippen LogP contribution in [0.2, 0.25) is 5.02 Å². The minimum Gasteiger partial charge on any atom is -0.388 e. The molecule has 1 nitrogen and oxygen atoms in total. The molecule has 0 bridgehead atoms. The molecule has 3 heteroatoms. The lowest BCUT2D eigenvalue weighted by atomic mass is 9.97. The van der Waals surface area contributed by atoms with Crippen molar-refractivity contribution in [3.05, 3.63) is 70.0 Å². The molecule has 0 aliphatic heterocycles. The normalized spacial score (nSPS) is 12.7. The summed E-state index contributed by atoms with van der Waals surface area (Å²) in [6, 6.07) is 12.4. The monoisotopic (exact) mass is 306 g/mol. The van der Waals surface area contributed by atoms with Crippen LogP contribution >= 0.6 is 11.6 Å². The first-order valence-corrected chi connectivity index (χ1v) is 7.54. The lowest BCUT2D eigenvalue weighted by Crippen LogP contribution is -2.04. The molecule has 0 saturated carbocycles. The van der Waals surface area contributed by atoms with Gasteiger partial charge in [0.15, 0.2) is 0 Å². The Balaban J connectivity index is 2.07. The highest BCUT2D eigenvalue weighted by Crippen LogP contribution is 2.23. The van der Waals surface area contributed by atoms with Crippen molar-refractivity contribution < 1.29 is 9.50 Å². The predicted molar refractivity (Wildman–Crippen MR) is 85.1 cm³/mol. The molecule has 0 spiro atoms. The van der Waals surface area contributed by atoms with Crippen LogP contribution in [0.15, 0.2) is 42.5 Å². The molecule has 0 aliphatic carbocycles. The molecule has 2 aromatic rings. The first-order chi connectivity index (χ1) is 9.95. The zero-order valence-corrected chi connectivity index (χ0v) is 13.1. The van der Waals surface area contributed by atoms with Gasteiger partial charge in [-0.05, 0) is 41.2 Å². The molecule has 1 unspecified atom stereocenters. The van der Waals surface area contributed by atoms with E-state index < -0.39 is 6.10 Å². The molecule has 2 rings (SSSR count). The zero-order chi connectivity index (χ0) is 15.4. The van der Waals surface area contributed by atoms with Gasteiger partial charge in [0.25, 0.3) is 0 Å². The second-order valence-electron chi connectivity index (χ2n) is 5.80. The summed E-state index contributed by atoms with van der Waals surface area (Å²) in [6.07, 6.45) is 0.545. The van der Waals surface area contributed by atoms with Crippen molar-refractivity contribution in [1.82, 2.24) is 0 Å². The van der Waals surface area contributed by atoms with Crippen LogP contribution in [0.4, 0.5) is 4.39 Å². The maximum atomic E-state index is 13.7. The summed E-state index contributed by atoms with van der Waals surface area (Å²) in [4.78, 5) is 0. The van der Waals surface area contributed by atoms with Gasteiger partial charge in [-0.25, -0.2) is 4.39 Å². The van der Waals surface area contributed by atoms with Gasteiger partial charge in [-0.2, -0.15) is 0 Å². The molecule has 0 saturated heterocycles. The van der Waals surface area contributed by atoms with E-state index in [0.29, 0.717) is 16.5 Å². The largest absolute Gasteiger partial charge is 0.388 e. The molecule has 0 fully saturated rings. The Hall–Kier alpha value is -1.38. The number of aliphatic hydroxyl groups excluding tert-OH is 1. The maximum Gasteiger partial charge on any atom is 0.127 e. The fourth-order valence-electron chi connectivity index (χ4n) is 2.36. The van der Waals surface area contributed by atoms with E-state index in [2.05, 4.69) is 13.8 Å². The van der Waals surface area contributed by atoms with Gasteiger partial charge in [0.1, 0.15) is 5.82 Å². The van der Waals surface area contributed by atoms with Crippen LogP contribution in [0.1, 0.15) is 36.6 Å². The van der Waals surface area contributed by atoms with E-state index in [1.165, 1.54) is 11.6 Å². The highest BCUT2D eigenvalue weighted by molar-refractivity contribution is 6.30. The molecule has 0 aliphatic rings. The third-order valence-electron chi connectivity index (χ3n) is 3.44. The van der Waals surface area contributed by atoms with E-state index in [0.717, 1.165) is 12.0 Å². The van der Waals surface area contributed by atoms with Gasteiger partial charge in [0.05, 0.1) is 6.10 Å². The molecule has 2 aromatic carbocycles. The number of halogens is 2. The molecule has 1 N–H and O–H groups in total. The van der Waals surface area contributed by atoms with Crippen molar-refractivity contribution in [2.75, 3.05) is 0 Å². The summed E-state index contributed by atoms with van der Waals surface area (Å²) >= 11 is 5.73. The zero-order valence-electron chi connectivity index (χ0n) is 12.3. The molecule has 112 valence electrons. The van der Waals surface area contributed by atoms with Crippen LogP contribution in [0.5, 0.6) is 0 Å². The molecular weight excluding hydrogens is 287 g/mol. The lowest BCUT2D eigenvalue weighted by Gasteiger charge is -2.13. The Kier molecular flexibility index (Phi) is 5.38. The van der Waals surface area contributed by atoms with Crippen molar-refractivity contribution in [3.63, 3.8) is 0 Å². The molecule has 1 atom stereocenters. The van der Waals surface area contributed by atoms with Crippen molar-refractivity contribution in [1.29, 1.82) is 0 Å². The second kappa shape index (κ2) is 7.06. The Morgan fingerprint density at radius 2 is 1.71 bits per heavy atom. The minimum atomic E-state index is -0.714. The minimum absolute atomic E-state index is 0.243. The Labute approximate surface area is 130 Å². The van der Waals surface area contributed by atoms with E-state index in [9.17, 15) is 9.50 Å². The molecule has 0 amide bonds. The number of aliphatic hydroxyl groups is 1. The maximum absolute atomic E-state index is 13.7. The summed E-state index contributed by atoms with van der Waals surface area (Å²) in [5, 5.41) is 10.6. The van der Waals surface area contributed by atoms with E-state index >= 15 is 0 Å². The third-order valence-corrected chi connectivity index (χ3v) is 3.67. The fraction of sp³-hybridized carbons (Fsp3) is 0.333. The average molecular weight is 307 g/mol. The summed E-state index contributed by atoms with van der Waals surface area (Å²) in [5.74, 6) is 0.224. The van der Waals surface area contributed by atoms with Gasteiger partial charge >= 0.3 is 0 Å². The standard InChI is InChI=1S/C18H20ClFO/c1-12(2)9-13-3-5-14(6-4-13)18(21)10-15-7-8-16(19)11-17(15)20/h3-8,11-12,18,21H,9-10H2,1-2H3. The van der Waals surface area contributed by atoms with E-state index in [1.807, 2.05) is 24.3 Å². The Morgan fingerprint density at radius 1 is 1.05 bits per heavy atom. The third kappa shape index (κ3) is 4.55. The lowest BCUT2D eigenvalue weighted by molar-refractivity contribution is 0.177. The van der Waals surface area contributed by atoms with Crippen molar-refractivity contribution >= 4 is 11.6 Å². The molecule has 21 heavy (non-hydrogen) atoms. The van der Waals surface area contributed by atoms with Gasteiger partial charge in [-0.3, -0.25) is 0 Å². The van der Waals surface area contributed by atoms with Gasteiger partial charge < -0.3 is 5.11 Å².